The summed E-state index contributed by atoms with van der Waals surface area (Å²) in [6, 6.07) is 13.2. The van der Waals surface area contributed by atoms with Gasteiger partial charge in [0.25, 0.3) is 0 Å². The Bertz CT molecular complexity index is 838. The van der Waals surface area contributed by atoms with E-state index in [-0.39, 0.29) is 12.1 Å². The van der Waals surface area contributed by atoms with Gasteiger partial charge in [-0.2, -0.15) is 0 Å². The number of carbonyl (C=O) groups excluding carboxylic acids is 1. The predicted molar refractivity (Wildman–Crippen MR) is 96.2 cm³/mol. The molecule has 0 bridgehead atoms. The molecule has 7 heteroatoms. The lowest BCUT2D eigenvalue weighted by atomic mass is 10.00. The van der Waals surface area contributed by atoms with Crippen molar-refractivity contribution in [1.29, 1.82) is 0 Å². The Morgan fingerprint density at radius 3 is 2.65 bits per heavy atom. The van der Waals surface area contributed by atoms with Gasteiger partial charge < -0.3 is 15.2 Å². The summed E-state index contributed by atoms with van der Waals surface area (Å²) in [4.78, 5) is 16.6. The minimum Gasteiger partial charge on any atom is -0.331 e. The fraction of sp³-hybridized carbons (Fsp3) is 0.263. The Morgan fingerprint density at radius 1 is 1.08 bits per heavy atom. The van der Waals surface area contributed by atoms with E-state index < -0.39 is 0 Å². The van der Waals surface area contributed by atoms with Crippen LogP contribution in [0.15, 0.2) is 54.9 Å². The summed E-state index contributed by atoms with van der Waals surface area (Å²) in [7, 11) is 0. The second-order valence-electron chi connectivity index (χ2n) is 6.24. The van der Waals surface area contributed by atoms with Gasteiger partial charge in [0.1, 0.15) is 5.82 Å². The predicted octanol–water partition coefficient (Wildman–Crippen LogP) is 2.21. The lowest BCUT2D eigenvalue weighted by molar-refractivity contribution is 0.238. The molecule has 26 heavy (non-hydrogen) atoms. The molecule has 1 atom stereocenters. The maximum Gasteiger partial charge on any atom is 0.315 e. The van der Waals surface area contributed by atoms with E-state index >= 15 is 0 Å². The van der Waals surface area contributed by atoms with Crippen LogP contribution in [0.1, 0.15) is 35.2 Å². The number of nitrogens with zero attached hydrogens (tertiary/aromatic N) is 4. The van der Waals surface area contributed by atoms with Crippen LogP contribution >= 0.6 is 0 Å². The number of carbonyl (C=O) groups is 1. The minimum absolute atomic E-state index is 0.244. The molecular weight excluding hydrogens is 328 g/mol. The highest BCUT2D eigenvalue weighted by Gasteiger charge is 2.19. The van der Waals surface area contributed by atoms with Crippen LogP contribution in [0.3, 0.4) is 0 Å². The summed E-state index contributed by atoms with van der Waals surface area (Å²) in [5, 5.41) is 14.3. The molecule has 2 amide bonds. The van der Waals surface area contributed by atoms with Crippen molar-refractivity contribution in [2.75, 3.05) is 0 Å². The maximum atomic E-state index is 12.5. The second-order valence-corrected chi connectivity index (χ2v) is 6.24. The van der Waals surface area contributed by atoms with Gasteiger partial charge in [-0.25, -0.2) is 4.79 Å². The van der Waals surface area contributed by atoms with Crippen LogP contribution in [-0.2, 0) is 19.5 Å². The highest BCUT2D eigenvalue weighted by molar-refractivity contribution is 5.75. The van der Waals surface area contributed by atoms with Gasteiger partial charge in [0.15, 0.2) is 5.82 Å². The zero-order valence-electron chi connectivity index (χ0n) is 14.3. The molecule has 0 unspecified atom stereocenters. The molecule has 0 saturated heterocycles. The summed E-state index contributed by atoms with van der Waals surface area (Å²) in [5.74, 6) is 1.80. The molecule has 0 fully saturated rings. The normalized spacial score (nSPS) is 13.8. The second kappa shape index (κ2) is 7.35. The SMILES string of the molecule is O=C(NCc1nnc2n1CCC2)N[C@H](c1ccccc1)c1ccncc1. The summed E-state index contributed by atoms with van der Waals surface area (Å²) in [5.41, 5.74) is 1.99. The molecule has 7 nitrogen and oxygen atoms in total. The van der Waals surface area contributed by atoms with Gasteiger partial charge in [0.2, 0.25) is 0 Å². The standard InChI is InChI=1S/C19H20N6O/c26-19(21-13-17-24-23-16-7-4-12-25(16)17)22-18(14-5-2-1-3-6-14)15-8-10-20-11-9-15/h1-3,5-6,8-11,18H,4,7,12-13H2,(H2,21,22,26)/t18-/m1/s1. The molecule has 0 saturated carbocycles. The van der Waals surface area contributed by atoms with E-state index in [0.29, 0.717) is 6.54 Å². The van der Waals surface area contributed by atoms with Gasteiger partial charge in [0, 0.05) is 25.4 Å². The van der Waals surface area contributed by atoms with Crippen molar-refractivity contribution in [1.82, 2.24) is 30.4 Å². The molecule has 1 aromatic carbocycles. The molecule has 4 rings (SSSR count). The van der Waals surface area contributed by atoms with Gasteiger partial charge in [-0.15, -0.1) is 10.2 Å². The molecule has 0 aliphatic carbocycles. The molecule has 3 aromatic rings. The lowest BCUT2D eigenvalue weighted by Crippen LogP contribution is -2.38. The van der Waals surface area contributed by atoms with Gasteiger partial charge in [-0.3, -0.25) is 4.98 Å². The number of fused-ring (bicyclic) bond motifs is 1. The third-order valence-corrected chi connectivity index (χ3v) is 4.54. The van der Waals surface area contributed by atoms with E-state index in [1.807, 2.05) is 42.5 Å². The number of aryl methyl sites for hydroxylation is 1. The van der Waals surface area contributed by atoms with E-state index in [1.54, 1.807) is 12.4 Å². The van der Waals surface area contributed by atoms with E-state index in [0.717, 1.165) is 42.2 Å². The third kappa shape index (κ3) is 3.42. The Kier molecular flexibility index (Phi) is 4.59. The number of pyridine rings is 1. The minimum atomic E-state index is -0.247. The van der Waals surface area contributed by atoms with Crippen LogP contribution in [0.25, 0.3) is 0 Å². The number of hydrogen-bond donors (Lipinski definition) is 2. The highest BCUT2D eigenvalue weighted by atomic mass is 16.2. The molecule has 3 heterocycles. The van der Waals surface area contributed by atoms with Crippen LogP contribution in [0.5, 0.6) is 0 Å². The van der Waals surface area contributed by atoms with Crippen molar-refractivity contribution >= 4 is 6.03 Å². The fourth-order valence-electron chi connectivity index (χ4n) is 3.24. The maximum absolute atomic E-state index is 12.5. The summed E-state index contributed by atoms with van der Waals surface area (Å²) in [6.07, 6.45) is 5.49. The Labute approximate surface area is 151 Å². The van der Waals surface area contributed by atoms with Crippen molar-refractivity contribution in [3.63, 3.8) is 0 Å². The number of amides is 2. The van der Waals surface area contributed by atoms with Crippen molar-refractivity contribution in [3.8, 4) is 0 Å². The molecule has 2 N–H and O–H groups in total. The van der Waals surface area contributed by atoms with Crippen LogP contribution in [0.4, 0.5) is 4.79 Å². The number of hydrogen-bond acceptors (Lipinski definition) is 4. The first-order chi connectivity index (χ1) is 12.8. The van der Waals surface area contributed by atoms with E-state index in [4.69, 9.17) is 0 Å². The number of nitrogens with one attached hydrogen (secondary N) is 2. The first-order valence-corrected chi connectivity index (χ1v) is 8.71. The van der Waals surface area contributed by atoms with Crippen molar-refractivity contribution in [2.24, 2.45) is 0 Å². The number of aromatic nitrogens is 4. The largest absolute Gasteiger partial charge is 0.331 e. The van der Waals surface area contributed by atoms with Crippen molar-refractivity contribution in [2.45, 2.75) is 32.0 Å². The van der Waals surface area contributed by atoms with E-state index in [9.17, 15) is 4.79 Å². The van der Waals surface area contributed by atoms with Crippen LogP contribution in [0, 0.1) is 0 Å². The average molecular weight is 348 g/mol. The summed E-state index contributed by atoms with van der Waals surface area (Å²) >= 11 is 0. The highest BCUT2D eigenvalue weighted by Crippen LogP contribution is 2.21. The molecule has 132 valence electrons. The topological polar surface area (TPSA) is 84.7 Å². The van der Waals surface area contributed by atoms with Crippen LogP contribution in [0.2, 0.25) is 0 Å². The number of benzene rings is 1. The zero-order valence-corrected chi connectivity index (χ0v) is 14.3. The van der Waals surface area contributed by atoms with E-state index in [1.165, 1.54) is 0 Å². The quantitative estimate of drug-likeness (QED) is 0.740. The van der Waals surface area contributed by atoms with Crippen molar-refractivity contribution in [3.05, 3.63) is 77.6 Å². The average Bonchev–Trinajstić information content (AvgIpc) is 3.30. The molecule has 1 aliphatic rings. The van der Waals surface area contributed by atoms with Gasteiger partial charge in [-0.05, 0) is 29.7 Å². The van der Waals surface area contributed by atoms with Gasteiger partial charge >= 0.3 is 6.03 Å². The third-order valence-electron chi connectivity index (χ3n) is 4.54. The Hall–Kier alpha value is -3.22. The summed E-state index contributed by atoms with van der Waals surface area (Å²) < 4.78 is 2.08. The smallest absolute Gasteiger partial charge is 0.315 e. The fourth-order valence-corrected chi connectivity index (χ4v) is 3.24. The van der Waals surface area contributed by atoms with Gasteiger partial charge in [0.05, 0.1) is 12.6 Å². The monoisotopic (exact) mass is 348 g/mol. The number of rotatable bonds is 5. The van der Waals surface area contributed by atoms with Crippen molar-refractivity contribution < 1.29 is 4.79 Å². The summed E-state index contributed by atoms with van der Waals surface area (Å²) in [6.45, 7) is 1.28. The zero-order chi connectivity index (χ0) is 17.8. The van der Waals surface area contributed by atoms with Crippen LogP contribution < -0.4 is 10.6 Å². The number of urea groups is 1. The lowest BCUT2D eigenvalue weighted by Gasteiger charge is -2.20. The molecule has 1 aliphatic heterocycles. The van der Waals surface area contributed by atoms with Gasteiger partial charge in [-0.1, -0.05) is 30.3 Å². The Balaban J connectivity index is 1.46. The molecule has 2 aromatic heterocycles. The molecule has 0 radical (unpaired) electrons. The Morgan fingerprint density at radius 2 is 1.85 bits per heavy atom. The first-order valence-electron chi connectivity index (χ1n) is 8.71. The first kappa shape index (κ1) is 16.3. The molecule has 0 spiro atoms. The van der Waals surface area contributed by atoms with E-state index in [2.05, 4.69) is 30.4 Å². The molecular formula is C19H20N6O. The van der Waals surface area contributed by atoms with Crippen LogP contribution in [-0.4, -0.2) is 25.8 Å².